The van der Waals surface area contributed by atoms with Gasteiger partial charge in [0.05, 0.1) is 17.8 Å². The largest absolute Gasteiger partial charge is 0.496 e. The molecule has 0 aliphatic carbocycles. The van der Waals surface area contributed by atoms with Crippen LogP contribution in [0.25, 0.3) is 0 Å². The van der Waals surface area contributed by atoms with Gasteiger partial charge in [0.1, 0.15) is 5.75 Å². The Labute approximate surface area is 165 Å². The fourth-order valence-electron chi connectivity index (χ4n) is 3.57. The third kappa shape index (κ3) is 4.48. The van der Waals surface area contributed by atoms with E-state index in [0.29, 0.717) is 19.6 Å². The topological polar surface area (TPSA) is 44.8 Å². The molecule has 1 fully saturated rings. The molecule has 2 aromatic carbocycles. The van der Waals surface area contributed by atoms with E-state index in [2.05, 4.69) is 23.2 Å². The molecule has 0 unspecified atom stereocenters. The number of hydrogen-bond acceptors (Lipinski definition) is 3. The predicted octanol–water partition coefficient (Wildman–Crippen LogP) is 4.00. The Balaban J connectivity index is 1.57. The van der Waals surface area contributed by atoms with Crippen LogP contribution in [0.15, 0.2) is 36.4 Å². The summed E-state index contributed by atoms with van der Waals surface area (Å²) in [6.45, 7) is 7.46. The molecule has 2 aromatic rings. The normalized spacial score (nSPS) is 14.2. The van der Waals surface area contributed by atoms with E-state index < -0.39 is 0 Å². The Morgan fingerprint density at radius 2 is 1.85 bits per heavy atom. The molecular formula is C21H26ClN3O2. The van der Waals surface area contributed by atoms with Gasteiger partial charge in [-0.3, -0.25) is 0 Å². The number of rotatable bonds is 4. The third-order valence-corrected chi connectivity index (χ3v) is 5.19. The number of amides is 2. The first kappa shape index (κ1) is 19.4. The highest BCUT2D eigenvalue weighted by Gasteiger charge is 2.23. The minimum atomic E-state index is -0.0488. The highest BCUT2D eigenvalue weighted by atomic mass is 35.5. The van der Waals surface area contributed by atoms with Crippen molar-refractivity contribution in [3.8, 4) is 5.75 Å². The van der Waals surface area contributed by atoms with Crippen molar-refractivity contribution in [1.29, 1.82) is 0 Å². The number of anilines is 1. The molecule has 0 aromatic heterocycles. The Morgan fingerprint density at radius 3 is 2.52 bits per heavy atom. The van der Waals surface area contributed by atoms with Crippen LogP contribution in [0, 0.1) is 13.8 Å². The number of hydrogen-bond donors (Lipinski definition) is 1. The fourth-order valence-corrected chi connectivity index (χ4v) is 4.01. The Hall–Kier alpha value is -2.40. The van der Waals surface area contributed by atoms with Crippen molar-refractivity contribution in [2.75, 3.05) is 38.2 Å². The number of benzene rings is 2. The van der Waals surface area contributed by atoms with Crippen LogP contribution in [0.2, 0.25) is 5.02 Å². The summed E-state index contributed by atoms with van der Waals surface area (Å²) >= 11 is 6.47. The number of piperazine rings is 1. The first-order chi connectivity index (χ1) is 13.0. The van der Waals surface area contributed by atoms with Crippen LogP contribution in [-0.2, 0) is 6.54 Å². The summed E-state index contributed by atoms with van der Waals surface area (Å²) in [4.78, 5) is 16.6. The van der Waals surface area contributed by atoms with Crippen molar-refractivity contribution in [2.45, 2.75) is 20.4 Å². The number of methoxy groups -OCH3 is 1. The number of para-hydroxylation sites is 1. The van der Waals surface area contributed by atoms with Gasteiger partial charge in [0, 0.05) is 38.3 Å². The summed E-state index contributed by atoms with van der Waals surface area (Å²) in [7, 11) is 1.64. The van der Waals surface area contributed by atoms with Crippen molar-refractivity contribution < 1.29 is 9.53 Å². The molecule has 1 saturated heterocycles. The minimum Gasteiger partial charge on any atom is -0.496 e. The van der Waals surface area contributed by atoms with Gasteiger partial charge in [-0.15, -0.1) is 0 Å². The van der Waals surface area contributed by atoms with Crippen LogP contribution in [-0.4, -0.2) is 44.2 Å². The first-order valence-electron chi connectivity index (χ1n) is 9.16. The second-order valence-corrected chi connectivity index (χ2v) is 7.26. The predicted molar refractivity (Wildman–Crippen MR) is 110 cm³/mol. The van der Waals surface area contributed by atoms with Gasteiger partial charge in [-0.1, -0.05) is 35.9 Å². The molecule has 0 radical (unpaired) electrons. The van der Waals surface area contributed by atoms with Crippen LogP contribution in [0.1, 0.15) is 16.7 Å². The van der Waals surface area contributed by atoms with Crippen LogP contribution in [0.5, 0.6) is 5.75 Å². The number of ether oxygens (including phenoxy) is 1. The van der Waals surface area contributed by atoms with Crippen molar-refractivity contribution in [3.05, 3.63) is 58.1 Å². The summed E-state index contributed by atoms with van der Waals surface area (Å²) in [5.74, 6) is 0.784. The summed E-state index contributed by atoms with van der Waals surface area (Å²) in [5, 5.41) is 3.77. The molecule has 1 aliphatic heterocycles. The molecule has 1 N–H and O–H groups in total. The van der Waals surface area contributed by atoms with Crippen LogP contribution in [0.3, 0.4) is 0 Å². The van der Waals surface area contributed by atoms with Gasteiger partial charge >= 0.3 is 6.03 Å². The molecule has 3 rings (SSSR count). The number of carbonyl (C=O) groups is 1. The molecule has 1 heterocycles. The van der Waals surface area contributed by atoms with E-state index in [1.807, 2.05) is 42.2 Å². The van der Waals surface area contributed by atoms with Gasteiger partial charge in [0.2, 0.25) is 0 Å². The number of nitrogens with zero attached hydrogens (tertiary/aromatic N) is 2. The van der Waals surface area contributed by atoms with E-state index >= 15 is 0 Å². The van der Waals surface area contributed by atoms with Crippen molar-refractivity contribution >= 4 is 23.3 Å². The monoisotopic (exact) mass is 387 g/mol. The minimum absolute atomic E-state index is 0.0488. The lowest BCUT2D eigenvalue weighted by Gasteiger charge is -2.37. The van der Waals surface area contributed by atoms with Gasteiger partial charge in [-0.05, 0) is 37.1 Å². The molecule has 0 spiro atoms. The molecule has 0 saturated carbocycles. The summed E-state index contributed by atoms with van der Waals surface area (Å²) in [5.41, 5.74) is 4.38. The molecule has 27 heavy (non-hydrogen) atoms. The first-order valence-corrected chi connectivity index (χ1v) is 9.53. The molecule has 144 valence electrons. The maximum atomic E-state index is 12.5. The van der Waals surface area contributed by atoms with Crippen LogP contribution < -0.4 is 15.0 Å². The highest BCUT2D eigenvalue weighted by molar-refractivity contribution is 6.33. The molecule has 2 amide bonds. The van der Waals surface area contributed by atoms with E-state index in [4.69, 9.17) is 16.3 Å². The number of carbonyl (C=O) groups excluding carboxylic acids is 1. The average molecular weight is 388 g/mol. The quantitative estimate of drug-likeness (QED) is 0.862. The lowest BCUT2D eigenvalue weighted by atomic mass is 10.1. The summed E-state index contributed by atoms with van der Waals surface area (Å²) in [6, 6.07) is 11.8. The van der Waals surface area contributed by atoms with Crippen LogP contribution >= 0.6 is 11.6 Å². The SMILES string of the molecule is COc1ccccc1CNC(=O)N1CCN(c2c(C)cc(C)cc2Cl)CC1. The van der Waals surface area contributed by atoms with Crippen LogP contribution in [0.4, 0.5) is 10.5 Å². The Bertz CT molecular complexity index is 794. The lowest BCUT2D eigenvalue weighted by molar-refractivity contribution is 0.194. The average Bonchev–Trinajstić information content (AvgIpc) is 2.66. The number of nitrogens with one attached hydrogen (secondary N) is 1. The van der Waals surface area contributed by atoms with Gasteiger partial charge in [0.15, 0.2) is 0 Å². The van der Waals surface area contributed by atoms with Gasteiger partial charge in [-0.2, -0.15) is 0 Å². The zero-order valence-electron chi connectivity index (χ0n) is 16.1. The van der Waals surface area contributed by atoms with Gasteiger partial charge in [-0.25, -0.2) is 4.79 Å². The summed E-state index contributed by atoms with van der Waals surface area (Å²) in [6.07, 6.45) is 0. The molecular weight excluding hydrogens is 362 g/mol. The van der Waals surface area contributed by atoms with E-state index in [0.717, 1.165) is 40.7 Å². The lowest BCUT2D eigenvalue weighted by Crippen LogP contribution is -2.52. The smallest absolute Gasteiger partial charge is 0.317 e. The Kier molecular flexibility index (Phi) is 6.11. The van der Waals surface area contributed by atoms with E-state index in [1.165, 1.54) is 5.56 Å². The maximum Gasteiger partial charge on any atom is 0.317 e. The maximum absolute atomic E-state index is 12.5. The number of halogens is 1. The number of urea groups is 1. The standard InChI is InChI=1S/C21H26ClN3O2/c1-15-12-16(2)20(18(22)13-15)24-8-10-25(11-9-24)21(26)23-14-17-6-4-5-7-19(17)27-3/h4-7,12-13H,8-11,14H2,1-3H3,(H,23,26). The molecule has 5 nitrogen and oxygen atoms in total. The summed E-state index contributed by atoms with van der Waals surface area (Å²) < 4.78 is 5.33. The Morgan fingerprint density at radius 1 is 1.15 bits per heavy atom. The second kappa shape index (κ2) is 8.53. The molecule has 1 aliphatic rings. The van der Waals surface area contributed by atoms with Gasteiger partial charge < -0.3 is 19.9 Å². The second-order valence-electron chi connectivity index (χ2n) is 6.86. The zero-order chi connectivity index (χ0) is 19.4. The van der Waals surface area contributed by atoms with E-state index in [-0.39, 0.29) is 6.03 Å². The molecule has 0 atom stereocenters. The van der Waals surface area contributed by atoms with E-state index in [1.54, 1.807) is 7.11 Å². The molecule has 0 bridgehead atoms. The van der Waals surface area contributed by atoms with E-state index in [9.17, 15) is 4.79 Å². The zero-order valence-corrected chi connectivity index (χ0v) is 16.8. The third-order valence-electron chi connectivity index (χ3n) is 4.90. The van der Waals surface area contributed by atoms with Crippen molar-refractivity contribution in [2.24, 2.45) is 0 Å². The fraction of sp³-hybridized carbons (Fsp3) is 0.381. The van der Waals surface area contributed by atoms with Gasteiger partial charge in [0.25, 0.3) is 0 Å². The molecule has 6 heteroatoms. The van der Waals surface area contributed by atoms with Crippen molar-refractivity contribution in [3.63, 3.8) is 0 Å². The highest BCUT2D eigenvalue weighted by Crippen LogP contribution is 2.31. The van der Waals surface area contributed by atoms with Crippen molar-refractivity contribution in [1.82, 2.24) is 10.2 Å². The number of aryl methyl sites for hydroxylation is 2.